The number of para-hydroxylation sites is 1. The highest BCUT2D eigenvalue weighted by Crippen LogP contribution is 2.31. The summed E-state index contributed by atoms with van der Waals surface area (Å²) in [5.74, 6) is 0.656. The molecule has 4 rings (SSSR count). The van der Waals surface area contributed by atoms with Crippen LogP contribution in [-0.4, -0.2) is 57.8 Å². The van der Waals surface area contributed by atoms with Gasteiger partial charge in [0.2, 0.25) is 5.91 Å². The minimum absolute atomic E-state index is 0.0197. The molecule has 2 aliphatic rings. The zero-order chi connectivity index (χ0) is 24.3. The molecule has 2 aliphatic heterocycles. The molecule has 182 valence electrons. The van der Waals surface area contributed by atoms with Gasteiger partial charge in [0, 0.05) is 17.7 Å². The maximum atomic E-state index is 13.3. The van der Waals surface area contributed by atoms with Gasteiger partial charge in [-0.15, -0.1) is 0 Å². The average molecular weight is 485 g/mol. The van der Waals surface area contributed by atoms with Gasteiger partial charge >= 0.3 is 0 Å². The second kappa shape index (κ2) is 10.1. The smallest absolute Gasteiger partial charge is 0.263 e. The largest absolute Gasteiger partial charge is 0.496 e. The summed E-state index contributed by atoms with van der Waals surface area (Å²) in [6, 6.07) is 13.8. The summed E-state index contributed by atoms with van der Waals surface area (Å²) in [5.41, 5.74) is 1.53. The van der Waals surface area contributed by atoms with Crippen LogP contribution in [0.25, 0.3) is 0 Å². The number of carbonyl (C=O) groups is 1. The Morgan fingerprint density at radius 3 is 2.50 bits per heavy atom. The van der Waals surface area contributed by atoms with E-state index < -0.39 is 16.1 Å². The molecule has 0 saturated carbocycles. The first-order valence-electron chi connectivity index (χ1n) is 11.7. The Bertz CT molecular complexity index is 1170. The first-order chi connectivity index (χ1) is 16.3. The fraction of sp³-hybridized carbons (Fsp3) is 0.440. The molecule has 1 saturated heterocycles. The fourth-order valence-electron chi connectivity index (χ4n) is 4.61. The van der Waals surface area contributed by atoms with Gasteiger partial charge in [0.15, 0.2) is 0 Å². The number of fused-ring (bicyclic) bond motifs is 1. The third-order valence-corrected chi connectivity index (χ3v) is 7.78. The molecule has 0 bridgehead atoms. The molecule has 0 aliphatic carbocycles. The summed E-state index contributed by atoms with van der Waals surface area (Å²) in [6.07, 6.45) is 2.25. The highest BCUT2D eigenvalue weighted by molar-refractivity contribution is 7.90. The number of hydrogen-bond acceptors (Lipinski definition) is 6. The lowest BCUT2D eigenvalue weighted by Crippen LogP contribution is -2.43. The number of carbonyl (C=O) groups excluding carboxylic acids is 1. The summed E-state index contributed by atoms with van der Waals surface area (Å²) in [4.78, 5) is 20.4. The molecule has 0 aromatic heterocycles. The van der Waals surface area contributed by atoms with Crippen molar-refractivity contribution in [2.24, 2.45) is 10.9 Å². The SMILES string of the molecule is COc1ccccc1C(CNC(=O)[C@@H](N=C1NS(=O)(=O)c2ccccc21)C(C)C)N1CCCC1. The predicted octanol–water partition coefficient (Wildman–Crippen LogP) is 2.71. The maximum Gasteiger partial charge on any atom is 0.263 e. The fourth-order valence-corrected chi connectivity index (χ4v) is 5.85. The van der Waals surface area contributed by atoms with Gasteiger partial charge in [-0.05, 0) is 50.0 Å². The predicted molar refractivity (Wildman–Crippen MR) is 131 cm³/mol. The molecule has 1 fully saturated rings. The molecule has 34 heavy (non-hydrogen) atoms. The van der Waals surface area contributed by atoms with E-state index in [9.17, 15) is 13.2 Å². The van der Waals surface area contributed by atoms with Gasteiger partial charge < -0.3 is 10.1 Å². The number of methoxy groups -OCH3 is 1. The lowest BCUT2D eigenvalue weighted by molar-refractivity contribution is -0.123. The van der Waals surface area contributed by atoms with Crippen LogP contribution in [0.3, 0.4) is 0 Å². The van der Waals surface area contributed by atoms with Crippen LogP contribution in [-0.2, 0) is 14.8 Å². The number of nitrogens with one attached hydrogen (secondary N) is 2. The zero-order valence-corrected chi connectivity index (χ0v) is 20.6. The molecule has 2 aromatic carbocycles. The van der Waals surface area contributed by atoms with Crippen molar-refractivity contribution in [2.75, 3.05) is 26.7 Å². The minimum atomic E-state index is -3.67. The van der Waals surface area contributed by atoms with Gasteiger partial charge in [-0.3, -0.25) is 19.4 Å². The first-order valence-corrected chi connectivity index (χ1v) is 13.1. The van der Waals surface area contributed by atoms with Crippen molar-refractivity contribution >= 4 is 21.8 Å². The molecular weight excluding hydrogens is 452 g/mol. The van der Waals surface area contributed by atoms with E-state index in [0.29, 0.717) is 12.1 Å². The Labute approximate surface area is 201 Å². The summed E-state index contributed by atoms with van der Waals surface area (Å²) in [5, 5.41) is 3.09. The van der Waals surface area contributed by atoms with Gasteiger partial charge in [-0.1, -0.05) is 44.2 Å². The summed E-state index contributed by atoms with van der Waals surface area (Å²) in [7, 11) is -2.01. The van der Waals surface area contributed by atoms with Crippen molar-refractivity contribution in [1.82, 2.24) is 14.9 Å². The van der Waals surface area contributed by atoms with Gasteiger partial charge in [-0.25, -0.2) is 8.42 Å². The van der Waals surface area contributed by atoms with E-state index in [1.807, 2.05) is 38.1 Å². The normalized spacial score (nSPS) is 20.1. The van der Waals surface area contributed by atoms with E-state index in [1.54, 1.807) is 31.4 Å². The molecule has 2 N–H and O–H groups in total. The molecule has 1 amide bonds. The topological polar surface area (TPSA) is 100 Å². The van der Waals surface area contributed by atoms with Crippen LogP contribution in [0.4, 0.5) is 0 Å². The van der Waals surface area contributed by atoms with Crippen LogP contribution in [0.5, 0.6) is 5.75 Å². The summed E-state index contributed by atoms with van der Waals surface area (Å²) >= 11 is 0. The number of hydrogen-bond donors (Lipinski definition) is 2. The van der Waals surface area contributed by atoms with Crippen LogP contribution in [0.1, 0.15) is 43.9 Å². The summed E-state index contributed by atoms with van der Waals surface area (Å²) in [6.45, 7) is 6.15. The number of nitrogens with zero attached hydrogens (tertiary/aromatic N) is 2. The maximum absolute atomic E-state index is 13.3. The van der Waals surface area contributed by atoms with Crippen LogP contribution in [0, 0.1) is 5.92 Å². The molecule has 2 heterocycles. The van der Waals surface area contributed by atoms with E-state index in [4.69, 9.17) is 4.74 Å². The van der Waals surface area contributed by atoms with Crippen LogP contribution >= 0.6 is 0 Å². The second-order valence-electron chi connectivity index (χ2n) is 9.01. The number of aliphatic imine (C=N–C) groups is 1. The lowest BCUT2D eigenvalue weighted by Gasteiger charge is -2.30. The quantitative estimate of drug-likeness (QED) is 0.600. The van der Waals surface area contributed by atoms with Crippen LogP contribution in [0.2, 0.25) is 0 Å². The third kappa shape index (κ3) is 4.95. The molecule has 2 atom stereocenters. The van der Waals surface area contributed by atoms with Crippen molar-refractivity contribution in [3.8, 4) is 5.75 Å². The number of rotatable bonds is 8. The van der Waals surface area contributed by atoms with Crippen LogP contribution in [0.15, 0.2) is 58.4 Å². The van der Waals surface area contributed by atoms with Crippen molar-refractivity contribution in [2.45, 2.75) is 43.7 Å². The van der Waals surface area contributed by atoms with E-state index in [2.05, 4.69) is 19.9 Å². The Morgan fingerprint density at radius 1 is 1.12 bits per heavy atom. The molecule has 1 unspecified atom stereocenters. The molecule has 9 heteroatoms. The molecule has 8 nitrogen and oxygen atoms in total. The Kier molecular flexibility index (Phi) is 7.23. The standard InChI is InChI=1S/C25H32N4O4S/c1-17(2)23(27-24-19-11-5-7-13-22(19)34(31,32)28-24)25(30)26-16-20(29-14-8-9-15-29)18-10-4-6-12-21(18)33-3/h4-7,10-13,17,20,23H,8-9,14-16H2,1-3H3,(H,26,30)(H,27,28)/t20?,23-/m0/s1. The second-order valence-corrected chi connectivity index (χ2v) is 10.7. The molecule has 2 aromatic rings. The van der Waals surface area contributed by atoms with Gasteiger partial charge in [0.05, 0.1) is 18.0 Å². The molecule has 0 spiro atoms. The highest BCUT2D eigenvalue weighted by atomic mass is 32.2. The number of amidine groups is 1. The molecular formula is C25H32N4O4S. The van der Waals surface area contributed by atoms with Gasteiger partial charge in [-0.2, -0.15) is 0 Å². The van der Waals surface area contributed by atoms with Gasteiger partial charge in [0.1, 0.15) is 17.6 Å². The van der Waals surface area contributed by atoms with Gasteiger partial charge in [0.25, 0.3) is 10.0 Å². The van der Waals surface area contributed by atoms with Crippen LogP contribution < -0.4 is 14.8 Å². The highest BCUT2D eigenvalue weighted by Gasteiger charge is 2.33. The number of benzene rings is 2. The van der Waals surface area contributed by atoms with Crippen molar-refractivity contribution in [3.63, 3.8) is 0 Å². The van der Waals surface area contributed by atoms with Crippen molar-refractivity contribution in [1.29, 1.82) is 0 Å². The number of sulfonamides is 1. The minimum Gasteiger partial charge on any atom is -0.496 e. The number of ether oxygens (including phenoxy) is 1. The number of amides is 1. The van der Waals surface area contributed by atoms with E-state index in [0.717, 1.165) is 37.2 Å². The van der Waals surface area contributed by atoms with E-state index in [1.165, 1.54) is 0 Å². The van der Waals surface area contributed by atoms with Crippen molar-refractivity contribution < 1.29 is 17.9 Å². The van der Waals surface area contributed by atoms with E-state index >= 15 is 0 Å². The zero-order valence-electron chi connectivity index (χ0n) is 19.8. The molecule has 0 radical (unpaired) electrons. The Hall–Kier alpha value is -2.91. The van der Waals surface area contributed by atoms with Crippen molar-refractivity contribution in [3.05, 3.63) is 59.7 Å². The Morgan fingerprint density at radius 2 is 1.79 bits per heavy atom. The lowest BCUT2D eigenvalue weighted by atomic mass is 10.0. The number of likely N-dealkylation sites (tertiary alicyclic amines) is 1. The first kappa shape index (κ1) is 24.2. The van der Waals surface area contributed by atoms with E-state index in [-0.39, 0.29) is 28.6 Å². The Balaban J connectivity index is 1.56. The average Bonchev–Trinajstić information content (AvgIpc) is 3.44. The summed E-state index contributed by atoms with van der Waals surface area (Å²) < 4.78 is 33.0. The third-order valence-electron chi connectivity index (χ3n) is 6.38. The monoisotopic (exact) mass is 484 g/mol.